The zero-order valence-electron chi connectivity index (χ0n) is 16.1. The quantitative estimate of drug-likeness (QED) is 0.472. The van der Waals surface area contributed by atoms with Crippen molar-refractivity contribution >= 4 is 6.09 Å². The average molecular weight is 340 g/mol. The van der Waals surface area contributed by atoms with Gasteiger partial charge < -0.3 is 9.84 Å². The number of unbranched alkanes of at least 4 members (excludes halogenated alkanes) is 6. The summed E-state index contributed by atoms with van der Waals surface area (Å²) >= 11 is 0. The molecule has 1 N–H and O–H groups in total. The SMILES string of the molecule is C=C[C@H]1[C@@H](O)C[C@@H](CCCCCCCCC)N1C(=O)OC(C)(C)C. The molecule has 1 amide bonds. The van der Waals surface area contributed by atoms with Gasteiger partial charge in [0.1, 0.15) is 5.60 Å². The largest absolute Gasteiger partial charge is 0.444 e. The molecular formula is C20H37NO3. The Morgan fingerprint density at radius 1 is 1.21 bits per heavy atom. The summed E-state index contributed by atoms with van der Waals surface area (Å²) in [5, 5.41) is 10.3. The van der Waals surface area contributed by atoms with Crippen LogP contribution in [0.2, 0.25) is 0 Å². The third-order valence-electron chi connectivity index (χ3n) is 4.61. The Hall–Kier alpha value is -1.03. The van der Waals surface area contributed by atoms with Crippen molar-refractivity contribution < 1.29 is 14.6 Å². The lowest BCUT2D eigenvalue weighted by Crippen LogP contribution is -2.45. The Morgan fingerprint density at radius 2 is 1.79 bits per heavy atom. The number of likely N-dealkylation sites (tertiary alicyclic amines) is 1. The minimum atomic E-state index is -0.537. The van der Waals surface area contributed by atoms with Crippen LogP contribution in [0.1, 0.15) is 85.5 Å². The van der Waals surface area contributed by atoms with Gasteiger partial charge in [0, 0.05) is 6.04 Å². The number of hydrogen-bond donors (Lipinski definition) is 1. The van der Waals surface area contributed by atoms with Gasteiger partial charge in [-0.05, 0) is 33.6 Å². The van der Waals surface area contributed by atoms with Gasteiger partial charge in [-0.25, -0.2) is 4.79 Å². The first-order valence-corrected chi connectivity index (χ1v) is 9.62. The van der Waals surface area contributed by atoms with Gasteiger partial charge in [-0.3, -0.25) is 4.90 Å². The van der Waals surface area contributed by atoms with Crippen LogP contribution in [-0.4, -0.2) is 39.9 Å². The summed E-state index contributed by atoms with van der Waals surface area (Å²) in [7, 11) is 0. The number of aliphatic hydroxyl groups is 1. The molecule has 0 aromatic rings. The lowest BCUT2D eigenvalue weighted by molar-refractivity contribution is 0.0134. The van der Waals surface area contributed by atoms with E-state index >= 15 is 0 Å². The Kier molecular flexibility index (Phi) is 8.82. The van der Waals surface area contributed by atoms with Crippen LogP contribution in [0.4, 0.5) is 4.79 Å². The van der Waals surface area contributed by atoms with Crippen LogP contribution in [0.15, 0.2) is 12.7 Å². The number of carbonyl (C=O) groups excluding carboxylic acids is 1. The molecule has 1 rings (SSSR count). The highest BCUT2D eigenvalue weighted by Crippen LogP contribution is 2.30. The third kappa shape index (κ3) is 6.84. The monoisotopic (exact) mass is 339 g/mol. The Morgan fingerprint density at radius 3 is 2.33 bits per heavy atom. The van der Waals surface area contributed by atoms with Gasteiger partial charge in [0.25, 0.3) is 0 Å². The van der Waals surface area contributed by atoms with E-state index in [9.17, 15) is 9.90 Å². The van der Waals surface area contributed by atoms with Crippen molar-refractivity contribution in [1.82, 2.24) is 4.90 Å². The molecule has 1 saturated heterocycles. The normalized spacial score (nSPS) is 24.2. The first kappa shape index (κ1) is 21.0. The van der Waals surface area contributed by atoms with Crippen LogP contribution in [-0.2, 0) is 4.74 Å². The molecule has 0 aromatic carbocycles. The molecule has 4 nitrogen and oxygen atoms in total. The second-order valence-electron chi connectivity index (χ2n) is 7.98. The highest BCUT2D eigenvalue weighted by Gasteiger charge is 2.42. The van der Waals surface area contributed by atoms with Gasteiger partial charge in [0.2, 0.25) is 0 Å². The van der Waals surface area contributed by atoms with Gasteiger partial charge in [-0.1, -0.05) is 57.9 Å². The first-order valence-electron chi connectivity index (χ1n) is 9.62. The Balaban J connectivity index is 2.51. The van der Waals surface area contributed by atoms with Crippen molar-refractivity contribution in [2.75, 3.05) is 0 Å². The number of nitrogens with zero attached hydrogens (tertiary/aromatic N) is 1. The predicted octanol–water partition coefficient (Wildman–Crippen LogP) is 5.05. The maximum Gasteiger partial charge on any atom is 0.411 e. The molecule has 0 saturated carbocycles. The summed E-state index contributed by atoms with van der Waals surface area (Å²) in [6.07, 6.45) is 11.1. The summed E-state index contributed by atoms with van der Waals surface area (Å²) < 4.78 is 5.53. The molecule has 3 atom stereocenters. The van der Waals surface area contributed by atoms with Crippen molar-refractivity contribution in [3.63, 3.8) is 0 Å². The molecule has 140 valence electrons. The molecule has 24 heavy (non-hydrogen) atoms. The maximum atomic E-state index is 12.5. The van der Waals surface area contributed by atoms with Crippen molar-refractivity contribution in [3.05, 3.63) is 12.7 Å². The van der Waals surface area contributed by atoms with E-state index in [1.165, 1.54) is 38.5 Å². The Labute approximate surface area is 148 Å². The topological polar surface area (TPSA) is 49.8 Å². The molecule has 0 radical (unpaired) electrons. The van der Waals surface area contributed by atoms with Crippen LogP contribution in [0.5, 0.6) is 0 Å². The fourth-order valence-corrected chi connectivity index (χ4v) is 3.41. The van der Waals surface area contributed by atoms with E-state index in [-0.39, 0.29) is 18.2 Å². The van der Waals surface area contributed by atoms with E-state index in [1.807, 2.05) is 20.8 Å². The van der Waals surface area contributed by atoms with Gasteiger partial charge in [0.05, 0.1) is 12.1 Å². The number of rotatable bonds is 9. The molecule has 0 unspecified atom stereocenters. The van der Waals surface area contributed by atoms with Crippen molar-refractivity contribution in [1.29, 1.82) is 0 Å². The first-order chi connectivity index (χ1) is 11.3. The van der Waals surface area contributed by atoms with Crippen molar-refractivity contribution in [2.24, 2.45) is 0 Å². The molecule has 1 heterocycles. The third-order valence-corrected chi connectivity index (χ3v) is 4.61. The van der Waals surface area contributed by atoms with Crippen LogP contribution in [0.3, 0.4) is 0 Å². The second kappa shape index (κ2) is 10.1. The van der Waals surface area contributed by atoms with Gasteiger partial charge in [0.15, 0.2) is 0 Å². The summed E-state index contributed by atoms with van der Waals surface area (Å²) in [5.41, 5.74) is -0.528. The smallest absolute Gasteiger partial charge is 0.411 e. The standard InChI is InChI=1S/C20H37NO3/c1-6-8-9-10-11-12-13-14-16-15-18(22)17(7-2)21(16)19(23)24-20(3,4)5/h7,16-18,22H,2,6,8-15H2,1,3-5H3/t16-,17+,18+/m1/s1. The van der Waals surface area contributed by atoms with Gasteiger partial charge >= 0.3 is 6.09 Å². The molecule has 4 heteroatoms. The fraction of sp³-hybridized carbons (Fsp3) is 0.850. The summed E-state index contributed by atoms with van der Waals surface area (Å²) in [4.78, 5) is 14.2. The summed E-state index contributed by atoms with van der Waals surface area (Å²) in [6, 6.07) is -0.289. The average Bonchev–Trinajstić information content (AvgIpc) is 2.80. The van der Waals surface area contributed by atoms with E-state index < -0.39 is 11.7 Å². The van der Waals surface area contributed by atoms with Crippen LogP contribution < -0.4 is 0 Å². The van der Waals surface area contributed by atoms with E-state index in [1.54, 1.807) is 11.0 Å². The lowest BCUT2D eigenvalue weighted by atomic mass is 10.0. The maximum absolute atomic E-state index is 12.5. The second-order valence-corrected chi connectivity index (χ2v) is 7.98. The van der Waals surface area contributed by atoms with Gasteiger partial charge in [-0.15, -0.1) is 6.58 Å². The molecule has 0 spiro atoms. The molecular weight excluding hydrogens is 302 g/mol. The van der Waals surface area contributed by atoms with E-state index in [0.717, 1.165) is 12.8 Å². The number of hydrogen-bond acceptors (Lipinski definition) is 3. The zero-order valence-corrected chi connectivity index (χ0v) is 16.1. The summed E-state index contributed by atoms with van der Waals surface area (Å²) in [5.74, 6) is 0. The van der Waals surface area contributed by atoms with Crippen LogP contribution in [0, 0.1) is 0 Å². The number of carbonyl (C=O) groups is 1. The van der Waals surface area contributed by atoms with Crippen LogP contribution >= 0.6 is 0 Å². The Bertz CT molecular complexity index is 389. The number of aliphatic hydroxyl groups excluding tert-OH is 1. The molecule has 1 aliphatic rings. The number of ether oxygens (including phenoxy) is 1. The number of amides is 1. The van der Waals surface area contributed by atoms with Gasteiger partial charge in [-0.2, -0.15) is 0 Å². The summed E-state index contributed by atoms with van der Waals surface area (Å²) in [6.45, 7) is 11.6. The van der Waals surface area contributed by atoms with E-state index in [2.05, 4.69) is 13.5 Å². The molecule has 0 aliphatic carbocycles. The lowest BCUT2D eigenvalue weighted by Gasteiger charge is -2.31. The predicted molar refractivity (Wildman–Crippen MR) is 99.1 cm³/mol. The fourth-order valence-electron chi connectivity index (χ4n) is 3.41. The van der Waals surface area contributed by atoms with E-state index in [0.29, 0.717) is 6.42 Å². The van der Waals surface area contributed by atoms with Crippen molar-refractivity contribution in [3.8, 4) is 0 Å². The molecule has 0 bridgehead atoms. The minimum Gasteiger partial charge on any atom is -0.444 e. The van der Waals surface area contributed by atoms with E-state index in [4.69, 9.17) is 4.74 Å². The molecule has 0 aromatic heterocycles. The van der Waals surface area contributed by atoms with Crippen LogP contribution in [0.25, 0.3) is 0 Å². The minimum absolute atomic E-state index is 0.0495. The zero-order chi connectivity index (χ0) is 18.2. The van der Waals surface area contributed by atoms with Crippen molar-refractivity contribution in [2.45, 2.75) is 109 Å². The highest BCUT2D eigenvalue weighted by molar-refractivity contribution is 5.70. The molecule has 1 fully saturated rings. The molecule has 1 aliphatic heterocycles. The highest BCUT2D eigenvalue weighted by atomic mass is 16.6.